The topological polar surface area (TPSA) is 114 Å². The number of rotatable bonds is 6. The minimum absolute atomic E-state index is 0.0186. The van der Waals surface area contributed by atoms with E-state index in [0.29, 0.717) is 29.4 Å². The van der Waals surface area contributed by atoms with Gasteiger partial charge in [-0.25, -0.2) is 9.97 Å². The molecule has 0 spiro atoms. The van der Waals surface area contributed by atoms with Crippen molar-refractivity contribution < 1.29 is 19.1 Å². The number of amides is 2. The maximum absolute atomic E-state index is 13.0. The van der Waals surface area contributed by atoms with E-state index in [9.17, 15) is 9.59 Å². The van der Waals surface area contributed by atoms with Gasteiger partial charge < -0.3 is 25.4 Å². The number of aromatic nitrogens is 2. The summed E-state index contributed by atoms with van der Waals surface area (Å²) < 4.78 is 12.2. The summed E-state index contributed by atoms with van der Waals surface area (Å²) in [6, 6.07) is 16.4. The minimum atomic E-state index is -0.364. The molecule has 2 aromatic carbocycles. The molecule has 3 aromatic heterocycles. The van der Waals surface area contributed by atoms with E-state index in [1.807, 2.05) is 49.4 Å². The smallest absolute Gasteiger partial charge is 0.263 e. The zero-order valence-electron chi connectivity index (χ0n) is 21.6. The number of halogens is 1. The second-order valence-electron chi connectivity index (χ2n) is 9.35. The average molecular weight is 574 g/mol. The lowest BCUT2D eigenvalue weighted by Gasteiger charge is -2.12. The number of anilines is 1. The fraction of sp³-hybridized carbons (Fsp3) is 0.172. The number of thiophene rings is 1. The Hall–Kier alpha value is -4.41. The van der Waals surface area contributed by atoms with Gasteiger partial charge >= 0.3 is 0 Å². The van der Waals surface area contributed by atoms with Crippen LogP contribution >= 0.6 is 22.9 Å². The van der Waals surface area contributed by atoms with Gasteiger partial charge in [0, 0.05) is 52.9 Å². The van der Waals surface area contributed by atoms with E-state index in [1.54, 1.807) is 13.2 Å². The van der Waals surface area contributed by atoms with Crippen LogP contribution in [0.2, 0.25) is 5.15 Å². The number of hydrogen-bond donors (Lipinski definition) is 3. The molecule has 1 aliphatic heterocycles. The standard InChI is InChI=1S/C29H24ClN5O4S/c1-15-12-32-26-25-18-7-10-24(35-20(18)8-9-22(25)40-27(26)29(37)34-15)39-21-11-23(30)31-14-19(21)28(36)33-13-16-3-5-17(38-2)6-4-16/h3-11,14-15,32H,12-13H2,1-2H3,(H,33,36)(H,34,37)/t15-/m1/s1. The summed E-state index contributed by atoms with van der Waals surface area (Å²) in [6.07, 6.45) is 1.38. The molecule has 0 fully saturated rings. The van der Waals surface area contributed by atoms with Crippen molar-refractivity contribution >= 4 is 61.4 Å². The molecule has 2 amide bonds. The number of pyridine rings is 2. The Morgan fingerprint density at radius 2 is 2.00 bits per heavy atom. The molecule has 0 radical (unpaired) electrons. The van der Waals surface area contributed by atoms with Crippen molar-refractivity contribution in [2.75, 3.05) is 19.0 Å². The Bertz CT molecular complexity index is 1770. The third kappa shape index (κ3) is 4.99. The van der Waals surface area contributed by atoms with Crippen LogP contribution in [0.15, 0.2) is 60.8 Å². The molecule has 1 atom stereocenters. The van der Waals surface area contributed by atoms with Gasteiger partial charge in [-0.3, -0.25) is 9.59 Å². The molecule has 202 valence electrons. The summed E-state index contributed by atoms with van der Waals surface area (Å²) in [7, 11) is 1.60. The third-order valence-electron chi connectivity index (χ3n) is 6.57. The zero-order valence-corrected chi connectivity index (χ0v) is 23.2. The van der Waals surface area contributed by atoms with Crippen LogP contribution in [0.25, 0.3) is 21.0 Å². The van der Waals surface area contributed by atoms with Crippen molar-refractivity contribution in [1.82, 2.24) is 20.6 Å². The van der Waals surface area contributed by atoms with Crippen LogP contribution in [0.5, 0.6) is 17.4 Å². The van der Waals surface area contributed by atoms with Gasteiger partial charge in [0.25, 0.3) is 11.8 Å². The van der Waals surface area contributed by atoms with Crippen molar-refractivity contribution in [3.8, 4) is 17.4 Å². The summed E-state index contributed by atoms with van der Waals surface area (Å²) in [6.45, 7) is 2.90. The highest BCUT2D eigenvalue weighted by Gasteiger charge is 2.25. The molecule has 1 aliphatic rings. The van der Waals surface area contributed by atoms with E-state index in [2.05, 4.69) is 20.9 Å². The Balaban J connectivity index is 1.28. The van der Waals surface area contributed by atoms with Gasteiger partial charge in [0.1, 0.15) is 27.1 Å². The molecule has 5 aromatic rings. The molecule has 0 unspecified atom stereocenters. The van der Waals surface area contributed by atoms with Gasteiger partial charge in [-0.05, 0) is 42.8 Å². The van der Waals surface area contributed by atoms with Crippen LogP contribution in [0.3, 0.4) is 0 Å². The van der Waals surface area contributed by atoms with Crippen LogP contribution in [-0.4, -0.2) is 41.5 Å². The van der Waals surface area contributed by atoms with Gasteiger partial charge in [0.05, 0.1) is 18.3 Å². The molecule has 3 N–H and O–H groups in total. The molecule has 11 heteroatoms. The summed E-state index contributed by atoms with van der Waals surface area (Å²) in [5.74, 6) is 0.817. The predicted molar refractivity (Wildman–Crippen MR) is 156 cm³/mol. The SMILES string of the molecule is COc1ccc(CNC(=O)c2cnc(Cl)cc2Oc2ccc3c(ccc4sc5c(c43)NC[C@@H](C)NC5=O)n2)cc1. The summed E-state index contributed by atoms with van der Waals surface area (Å²) in [4.78, 5) is 35.2. The van der Waals surface area contributed by atoms with Gasteiger partial charge in [-0.15, -0.1) is 11.3 Å². The minimum Gasteiger partial charge on any atom is -0.497 e. The van der Waals surface area contributed by atoms with Gasteiger partial charge in [-0.2, -0.15) is 0 Å². The third-order valence-corrected chi connectivity index (χ3v) is 7.93. The van der Waals surface area contributed by atoms with Crippen molar-refractivity contribution in [3.63, 3.8) is 0 Å². The number of methoxy groups -OCH3 is 1. The van der Waals surface area contributed by atoms with E-state index in [1.165, 1.54) is 23.6 Å². The van der Waals surface area contributed by atoms with E-state index >= 15 is 0 Å². The lowest BCUT2D eigenvalue weighted by atomic mass is 10.1. The predicted octanol–water partition coefficient (Wildman–Crippen LogP) is 5.77. The highest BCUT2D eigenvalue weighted by atomic mass is 35.5. The highest BCUT2D eigenvalue weighted by molar-refractivity contribution is 7.21. The average Bonchev–Trinajstić information content (AvgIpc) is 3.28. The maximum atomic E-state index is 13.0. The zero-order chi connectivity index (χ0) is 27.8. The number of nitrogens with zero attached hydrogens (tertiary/aromatic N) is 2. The van der Waals surface area contributed by atoms with Crippen LogP contribution in [0, 0.1) is 0 Å². The van der Waals surface area contributed by atoms with Gasteiger partial charge in [-0.1, -0.05) is 23.7 Å². The van der Waals surface area contributed by atoms with E-state index in [4.69, 9.17) is 26.1 Å². The molecule has 0 saturated heterocycles. The Morgan fingerprint density at radius 1 is 1.18 bits per heavy atom. The summed E-state index contributed by atoms with van der Waals surface area (Å²) in [5, 5.41) is 11.3. The molecular weight excluding hydrogens is 550 g/mol. The highest BCUT2D eigenvalue weighted by Crippen LogP contribution is 2.41. The van der Waals surface area contributed by atoms with Crippen molar-refractivity contribution in [1.29, 1.82) is 0 Å². The summed E-state index contributed by atoms with van der Waals surface area (Å²) in [5.41, 5.74) is 2.65. The number of carbonyl (C=O) groups is 2. The molecule has 6 rings (SSSR count). The molecule has 0 aliphatic carbocycles. The first-order chi connectivity index (χ1) is 19.4. The first-order valence-corrected chi connectivity index (χ1v) is 13.7. The van der Waals surface area contributed by atoms with E-state index < -0.39 is 0 Å². The van der Waals surface area contributed by atoms with Crippen molar-refractivity contribution in [2.24, 2.45) is 0 Å². The molecule has 9 nitrogen and oxygen atoms in total. The molecule has 0 saturated carbocycles. The lowest BCUT2D eigenvalue weighted by molar-refractivity contribution is 0.0940. The van der Waals surface area contributed by atoms with E-state index in [0.717, 1.165) is 32.5 Å². The normalized spacial score (nSPS) is 14.7. The largest absolute Gasteiger partial charge is 0.497 e. The lowest BCUT2D eigenvalue weighted by Crippen LogP contribution is -2.34. The van der Waals surface area contributed by atoms with Crippen LogP contribution in [0.1, 0.15) is 32.5 Å². The van der Waals surface area contributed by atoms with Gasteiger partial charge in [0.2, 0.25) is 5.88 Å². The second kappa shape index (κ2) is 10.6. The number of benzene rings is 2. The fourth-order valence-corrected chi connectivity index (χ4v) is 5.81. The van der Waals surface area contributed by atoms with Crippen molar-refractivity contribution in [2.45, 2.75) is 19.5 Å². The quantitative estimate of drug-likeness (QED) is 0.221. The van der Waals surface area contributed by atoms with Crippen LogP contribution in [0.4, 0.5) is 5.69 Å². The molecule has 0 bridgehead atoms. The van der Waals surface area contributed by atoms with E-state index in [-0.39, 0.29) is 34.3 Å². The number of carbonyl (C=O) groups excluding carboxylic acids is 2. The number of fused-ring (bicyclic) bond motifs is 5. The van der Waals surface area contributed by atoms with Crippen LogP contribution < -0.4 is 25.4 Å². The number of ether oxygens (including phenoxy) is 2. The monoisotopic (exact) mass is 573 g/mol. The maximum Gasteiger partial charge on any atom is 0.263 e. The first kappa shape index (κ1) is 25.8. The Labute approximate surface area is 238 Å². The fourth-order valence-electron chi connectivity index (χ4n) is 4.57. The van der Waals surface area contributed by atoms with Gasteiger partial charge in [0.15, 0.2) is 0 Å². The summed E-state index contributed by atoms with van der Waals surface area (Å²) >= 11 is 7.60. The number of nitrogens with one attached hydrogen (secondary N) is 3. The second-order valence-corrected chi connectivity index (χ2v) is 10.8. The molecular formula is C29H24ClN5O4S. The number of hydrogen-bond acceptors (Lipinski definition) is 8. The van der Waals surface area contributed by atoms with Crippen molar-refractivity contribution in [3.05, 3.63) is 82.0 Å². The Kier molecular flexibility index (Phi) is 6.87. The molecule has 4 heterocycles. The van der Waals surface area contributed by atoms with Crippen LogP contribution in [-0.2, 0) is 6.54 Å². The Morgan fingerprint density at radius 3 is 2.80 bits per heavy atom. The molecule has 40 heavy (non-hydrogen) atoms. The first-order valence-electron chi connectivity index (χ1n) is 12.5.